The lowest BCUT2D eigenvalue weighted by molar-refractivity contribution is 0.215. The Morgan fingerprint density at radius 1 is 1.35 bits per heavy atom. The second-order valence-corrected chi connectivity index (χ2v) is 6.78. The van der Waals surface area contributed by atoms with Gasteiger partial charge in [-0.15, -0.1) is 0 Å². The van der Waals surface area contributed by atoms with E-state index in [2.05, 4.69) is 37.9 Å². The number of guanidine groups is 1. The molecule has 2 aromatic heterocycles. The van der Waals surface area contributed by atoms with E-state index >= 15 is 0 Å². The van der Waals surface area contributed by atoms with Crippen LogP contribution in [0.1, 0.15) is 36.6 Å². The van der Waals surface area contributed by atoms with Gasteiger partial charge in [-0.2, -0.15) is 5.10 Å². The van der Waals surface area contributed by atoms with E-state index in [9.17, 15) is 0 Å². The maximum Gasteiger partial charge on any atom is 0.191 e. The Balaban J connectivity index is 1.44. The molecule has 1 atom stereocenters. The van der Waals surface area contributed by atoms with Crippen molar-refractivity contribution < 1.29 is 4.42 Å². The van der Waals surface area contributed by atoms with E-state index in [-0.39, 0.29) is 6.04 Å². The molecule has 3 heterocycles. The van der Waals surface area contributed by atoms with Crippen molar-refractivity contribution >= 4 is 5.96 Å². The van der Waals surface area contributed by atoms with Crippen molar-refractivity contribution in [2.75, 3.05) is 33.2 Å². The fourth-order valence-electron chi connectivity index (χ4n) is 3.46. The average molecular weight is 358 g/mol. The minimum atomic E-state index is 0.251. The average Bonchev–Trinajstić information content (AvgIpc) is 3.40. The van der Waals surface area contributed by atoms with E-state index in [4.69, 9.17) is 4.42 Å². The third kappa shape index (κ3) is 5.11. The molecule has 1 saturated heterocycles. The Bertz CT molecular complexity index is 672. The summed E-state index contributed by atoms with van der Waals surface area (Å²) in [6.45, 7) is 3.92. The zero-order chi connectivity index (χ0) is 18.2. The Hall–Kier alpha value is -2.28. The minimum Gasteiger partial charge on any atom is -0.468 e. The summed E-state index contributed by atoms with van der Waals surface area (Å²) in [6.07, 6.45) is 10.3. The van der Waals surface area contributed by atoms with Crippen molar-refractivity contribution in [2.45, 2.75) is 31.7 Å². The quantitative estimate of drug-likeness (QED) is 0.429. The second kappa shape index (κ2) is 9.43. The molecule has 7 heteroatoms. The lowest BCUT2D eigenvalue weighted by Gasteiger charge is -2.26. The number of rotatable bonds is 8. The molecule has 0 aliphatic carbocycles. The molecule has 1 aliphatic heterocycles. The number of hydrogen-bond acceptors (Lipinski definition) is 4. The van der Waals surface area contributed by atoms with Gasteiger partial charge in [-0.1, -0.05) is 0 Å². The third-order valence-electron chi connectivity index (χ3n) is 4.83. The molecule has 0 spiro atoms. The second-order valence-electron chi connectivity index (χ2n) is 6.78. The van der Waals surface area contributed by atoms with E-state index < -0.39 is 0 Å². The molecule has 1 aliphatic rings. The van der Waals surface area contributed by atoms with E-state index in [1.807, 2.05) is 31.0 Å². The summed E-state index contributed by atoms with van der Waals surface area (Å²) < 4.78 is 7.52. The van der Waals surface area contributed by atoms with Gasteiger partial charge in [-0.25, -0.2) is 0 Å². The van der Waals surface area contributed by atoms with E-state index in [1.54, 1.807) is 6.26 Å². The Morgan fingerprint density at radius 2 is 2.19 bits per heavy atom. The molecule has 0 radical (unpaired) electrons. The first-order valence-corrected chi connectivity index (χ1v) is 9.46. The van der Waals surface area contributed by atoms with Gasteiger partial charge in [-0.05, 0) is 56.5 Å². The molecule has 0 amide bonds. The highest BCUT2D eigenvalue weighted by atomic mass is 16.3. The van der Waals surface area contributed by atoms with Gasteiger partial charge in [-0.3, -0.25) is 14.6 Å². The first-order valence-electron chi connectivity index (χ1n) is 9.46. The summed E-state index contributed by atoms with van der Waals surface area (Å²) in [5.41, 5.74) is 1.27. The maximum absolute atomic E-state index is 5.67. The van der Waals surface area contributed by atoms with Crippen molar-refractivity contribution in [2.24, 2.45) is 12.0 Å². The molecule has 0 aromatic carbocycles. The maximum atomic E-state index is 5.67. The van der Waals surface area contributed by atoms with Gasteiger partial charge in [0.25, 0.3) is 0 Å². The van der Waals surface area contributed by atoms with Crippen LogP contribution in [0.5, 0.6) is 0 Å². The van der Waals surface area contributed by atoms with E-state index in [0.717, 1.165) is 50.7 Å². The van der Waals surface area contributed by atoms with Gasteiger partial charge in [0.1, 0.15) is 5.76 Å². The molecule has 0 bridgehead atoms. The molecule has 26 heavy (non-hydrogen) atoms. The zero-order valence-electron chi connectivity index (χ0n) is 15.8. The molecule has 7 nitrogen and oxygen atoms in total. The zero-order valence-corrected chi connectivity index (χ0v) is 15.8. The van der Waals surface area contributed by atoms with Crippen LogP contribution in [0, 0.1) is 0 Å². The van der Waals surface area contributed by atoms with Gasteiger partial charge in [0.05, 0.1) is 18.5 Å². The predicted octanol–water partition coefficient (Wildman–Crippen LogP) is 1.95. The Morgan fingerprint density at radius 3 is 2.85 bits per heavy atom. The number of likely N-dealkylation sites (tertiary alicyclic amines) is 1. The van der Waals surface area contributed by atoms with E-state index in [0.29, 0.717) is 0 Å². The number of aliphatic imine (C=N–C) groups is 1. The number of hydrogen-bond donors (Lipinski definition) is 2. The highest BCUT2D eigenvalue weighted by Gasteiger charge is 2.25. The minimum absolute atomic E-state index is 0.251. The monoisotopic (exact) mass is 358 g/mol. The van der Waals surface area contributed by atoms with Crippen LogP contribution in [-0.2, 0) is 13.5 Å². The highest BCUT2D eigenvalue weighted by Crippen LogP contribution is 2.24. The largest absolute Gasteiger partial charge is 0.468 e. The van der Waals surface area contributed by atoms with Crippen LogP contribution in [0.15, 0.2) is 40.2 Å². The Labute approximate surface area is 155 Å². The molecule has 3 rings (SSSR count). The van der Waals surface area contributed by atoms with Crippen LogP contribution < -0.4 is 10.6 Å². The fraction of sp³-hybridized carbons (Fsp3) is 0.579. The van der Waals surface area contributed by atoms with Crippen LogP contribution in [0.3, 0.4) is 0 Å². The molecular weight excluding hydrogens is 328 g/mol. The summed E-state index contributed by atoms with van der Waals surface area (Å²) in [4.78, 5) is 6.83. The highest BCUT2D eigenvalue weighted by molar-refractivity contribution is 5.79. The molecule has 1 unspecified atom stereocenters. The summed E-state index contributed by atoms with van der Waals surface area (Å²) in [7, 11) is 3.76. The van der Waals surface area contributed by atoms with Crippen LogP contribution in [0.2, 0.25) is 0 Å². The number of aromatic nitrogens is 2. The molecule has 142 valence electrons. The Kier molecular flexibility index (Phi) is 6.71. The number of nitrogens with zero attached hydrogens (tertiary/aromatic N) is 4. The molecule has 2 N–H and O–H groups in total. The van der Waals surface area contributed by atoms with Crippen LogP contribution in [-0.4, -0.2) is 53.9 Å². The van der Waals surface area contributed by atoms with Crippen LogP contribution >= 0.6 is 0 Å². The summed E-state index contributed by atoms with van der Waals surface area (Å²) >= 11 is 0. The third-order valence-corrected chi connectivity index (χ3v) is 4.83. The molecule has 2 aromatic rings. The van der Waals surface area contributed by atoms with Crippen molar-refractivity contribution in [1.82, 2.24) is 25.3 Å². The topological polar surface area (TPSA) is 70.6 Å². The SMILES string of the molecule is CN=C(NCCCc1cnn(C)c1)NCC(c1ccco1)N1CCCC1. The standard InChI is InChI=1S/C19H30N6O/c1-20-19(21-9-5-7-16-13-23-24(2)15-16)22-14-17(18-8-6-12-26-18)25-10-3-4-11-25/h6,8,12-13,15,17H,3-5,7,9-11,14H2,1-2H3,(H2,20,21,22). The number of aryl methyl sites for hydroxylation is 2. The predicted molar refractivity (Wildman–Crippen MR) is 103 cm³/mol. The lowest BCUT2D eigenvalue weighted by Crippen LogP contribution is -2.42. The van der Waals surface area contributed by atoms with Crippen LogP contribution in [0.25, 0.3) is 0 Å². The van der Waals surface area contributed by atoms with Gasteiger partial charge in [0, 0.05) is 33.4 Å². The molecule has 1 fully saturated rings. The molecular formula is C19H30N6O. The van der Waals surface area contributed by atoms with Gasteiger partial charge >= 0.3 is 0 Å². The first kappa shape index (κ1) is 18.5. The van der Waals surface area contributed by atoms with Crippen LogP contribution in [0.4, 0.5) is 0 Å². The van der Waals surface area contributed by atoms with Crippen molar-refractivity contribution in [1.29, 1.82) is 0 Å². The lowest BCUT2D eigenvalue weighted by atomic mass is 10.2. The van der Waals surface area contributed by atoms with Gasteiger partial charge in [0.15, 0.2) is 5.96 Å². The summed E-state index contributed by atoms with van der Waals surface area (Å²) in [5.74, 6) is 1.86. The first-order chi connectivity index (χ1) is 12.8. The number of nitrogens with one attached hydrogen (secondary N) is 2. The van der Waals surface area contributed by atoms with E-state index in [1.165, 1.54) is 18.4 Å². The number of furan rings is 1. The summed E-state index contributed by atoms with van der Waals surface area (Å²) in [5, 5.41) is 11.1. The van der Waals surface area contributed by atoms with Gasteiger partial charge < -0.3 is 15.1 Å². The smallest absolute Gasteiger partial charge is 0.191 e. The summed E-state index contributed by atoms with van der Waals surface area (Å²) in [6, 6.07) is 4.28. The molecule has 0 saturated carbocycles. The van der Waals surface area contributed by atoms with Crippen molar-refractivity contribution in [3.8, 4) is 0 Å². The van der Waals surface area contributed by atoms with Crippen molar-refractivity contribution in [3.05, 3.63) is 42.1 Å². The van der Waals surface area contributed by atoms with Crippen molar-refractivity contribution in [3.63, 3.8) is 0 Å². The van der Waals surface area contributed by atoms with Gasteiger partial charge in [0.2, 0.25) is 0 Å². The normalized spacial score (nSPS) is 16.8. The fourth-order valence-corrected chi connectivity index (χ4v) is 3.46.